The van der Waals surface area contributed by atoms with Gasteiger partial charge < -0.3 is 10.3 Å². The third-order valence-electron chi connectivity index (χ3n) is 2.68. The summed E-state index contributed by atoms with van der Waals surface area (Å²) >= 11 is 0. The number of hydrogen-bond donors (Lipinski definition) is 1. The first-order chi connectivity index (χ1) is 8.20. The first kappa shape index (κ1) is 11.9. The van der Waals surface area contributed by atoms with Crippen LogP contribution in [0.4, 0.5) is 0 Å². The molecule has 0 amide bonds. The molecule has 2 aromatic heterocycles. The molecule has 5 nitrogen and oxygen atoms in total. The molecule has 17 heavy (non-hydrogen) atoms. The summed E-state index contributed by atoms with van der Waals surface area (Å²) < 4.78 is 4.08. The molecule has 0 radical (unpaired) electrons. The summed E-state index contributed by atoms with van der Waals surface area (Å²) in [4.78, 5) is 4.31. The third-order valence-corrected chi connectivity index (χ3v) is 2.68. The molecule has 2 heterocycles. The monoisotopic (exact) mass is 233 g/mol. The van der Waals surface area contributed by atoms with Crippen molar-refractivity contribution in [2.75, 3.05) is 0 Å². The molecule has 0 saturated carbocycles. The highest BCUT2D eigenvalue weighted by atomic mass is 15.3. The van der Waals surface area contributed by atoms with E-state index in [0.29, 0.717) is 12.5 Å². The SMILES string of the molecule is CC(C)Cn1ncnc1Cn1cccc1CN. The van der Waals surface area contributed by atoms with Crippen LogP contribution in [0.25, 0.3) is 0 Å². The van der Waals surface area contributed by atoms with Crippen molar-refractivity contribution in [3.05, 3.63) is 36.2 Å². The highest BCUT2D eigenvalue weighted by Gasteiger charge is 2.08. The minimum Gasteiger partial charge on any atom is -0.343 e. The van der Waals surface area contributed by atoms with E-state index in [1.54, 1.807) is 6.33 Å². The summed E-state index contributed by atoms with van der Waals surface area (Å²) in [6.45, 7) is 6.52. The molecule has 0 atom stereocenters. The molecule has 0 aliphatic rings. The van der Waals surface area contributed by atoms with Crippen LogP contribution in [0.5, 0.6) is 0 Å². The molecule has 5 heteroatoms. The Kier molecular flexibility index (Phi) is 3.58. The van der Waals surface area contributed by atoms with E-state index in [9.17, 15) is 0 Å². The second-order valence-corrected chi connectivity index (χ2v) is 4.58. The fourth-order valence-electron chi connectivity index (χ4n) is 1.85. The lowest BCUT2D eigenvalue weighted by molar-refractivity contribution is 0.460. The molecule has 0 aliphatic heterocycles. The number of nitrogens with zero attached hydrogens (tertiary/aromatic N) is 4. The standard InChI is InChI=1S/C12H19N5/c1-10(2)7-17-12(14-9-15-17)8-16-5-3-4-11(16)6-13/h3-5,9-10H,6-8,13H2,1-2H3. The first-order valence-corrected chi connectivity index (χ1v) is 5.91. The van der Waals surface area contributed by atoms with Gasteiger partial charge in [0.2, 0.25) is 0 Å². The predicted octanol–water partition coefficient (Wildman–Crippen LogP) is 1.24. The van der Waals surface area contributed by atoms with E-state index in [-0.39, 0.29) is 0 Å². The summed E-state index contributed by atoms with van der Waals surface area (Å²) in [5.74, 6) is 1.54. The van der Waals surface area contributed by atoms with Crippen molar-refractivity contribution in [2.24, 2.45) is 11.7 Å². The Bertz CT molecular complexity index is 469. The lowest BCUT2D eigenvalue weighted by Crippen LogP contribution is -2.15. The van der Waals surface area contributed by atoms with E-state index in [0.717, 1.165) is 24.6 Å². The van der Waals surface area contributed by atoms with Gasteiger partial charge in [-0.05, 0) is 18.1 Å². The summed E-state index contributed by atoms with van der Waals surface area (Å²) in [5, 5.41) is 4.25. The minimum atomic E-state index is 0.547. The maximum absolute atomic E-state index is 5.68. The average Bonchev–Trinajstić information content (AvgIpc) is 2.88. The fraction of sp³-hybridized carbons (Fsp3) is 0.500. The van der Waals surface area contributed by atoms with E-state index in [4.69, 9.17) is 5.73 Å². The van der Waals surface area contributed by atoms with Gasteiger partial charge in [-0.3, -0.25) is 0 Å². The Balaban J connectivity index is 2.16. The Morgan fingerprint density at radius 3 is 2.94 bits per heavy atom. The molecular weight excluding hydrogens is 214 g/mol. The number of rotatable bonds is 5. The van der Waals surface area contributed by atoms with Gasteiger partial charge in [0, 0.05) is 25.0 Å². The van der Waals surface area contributed by atoms with Gasteiger partial charge in [0.05, 0.1) is 6.54 Å². The van der Waals surface area contributed by atoms with Gasteiger partial charge in [-0.15, -0.1) is 0 Å². The molecule has 0 spiro atoms. The molecule has 2 aromatic rings. The molecular formula is C12H19N5. The summed E-state index contributed by atoms with van der Waals surface area (Å²) in [5.41, 5.74) is 6.79. The third kappa shape index (κ3) is 2.74. The van der Waals surface area contributed by atoms with Crippen molar-refractivity contribution >= 4 is 0 Å². The molecule has 2 N–H and O–H groups in total. The van der Waals surface area contributed by atoms with Gasteiger partial charge in [-0.25, -0.2) is 9.67 Å². The van der Waals surface area contributed by atoms with Crippen LogP contribution in [0, 0.1) is 5.92 Å². The number of nitrogens with two attached hydrogens (primary N) is 1. The minimum absolute atomic E-state index is 0.547. The molecule has 0 aromatic carbocycles. The highest BCUT2D eigenvalue weighted by Crippen LogP contribution is 2.07. The van der Waals surface area contributed by atoms with Crippen LogP contribution in [0.1, 0.15) is 25.4 Å². The smallest absolute Gasteiger partial charge is 0.146 e. The first-order valence-electron chi connectivity index (χ1n) is 5.91. The van der Waals surface area contributed by atoms with Crippen LogP contribution < -0.4 is 5.73 Å². The zero-order valence-corrected chi connectivity index (χ0v) is 10.4. The van der Waals surface area contributed by atoms with E-state index in [2.05, 4.69) is 28.5 Å². The van der Waals surface area contributed by atoms with E-state index >= 15 is 0 Å². The fourth-order valence-corrected chi connectivity index (χ4v) is 1.85. The van der Waals surface area contributed by atoms with Crippen LogP contribution >= 0.6 is 0 Å². The summed E-state index contributed by atoms with van der Waals surface area (Å²) in [6, 6.07) is 4.04. The second kappa shape index (κ2) is 5.14. The lowest BCUT2D eigenvalue weighted by Gasteiger charge is -2.10. The van der Waals surface area contributed by atoms with Gasteiger partial charge in [0.1, 0.15) is 12.2 Å². The van der Waals surface area contributed by atoms with Gasteiger partial charge in [-0.1, -0.05) is 13.8 Å². The largest absolute Gasteiger partial charge is 0.343 e. The van der Waals surface area contributed by atoms with E-state index in [1.165, 1.54) is 0 Å². The molecule has 2 rings (SSSR count). The number of hydrogen-bond acceptors (Lipinski definition) is 3. The van der Waals surface area contributed by atoms with Crippen molar-refractivity contribution in [2.45, 2.75) is 33.5 Å². The molecule has 0 aliphatic carbocycles. The van der Waals surface area contributed by atoms with Crippen molar-refractivity contribution in [1.29, 1.82) is 0 Å². The Hall–Kier alpha value is -1.62. The zero-order valence-electron chi connectivity index (χ0n) is 10.4. The summed E-state index contributed by atoms with van der Waals surface area (Å²) in [7, 11) is 0. The van der Waals surface area contributed by atoms with Crippen molar-refractivity contribution in [3.8, 4) is 0 Å². The van der Waals surface area contributed by atoms with Crippen LogP contribution in [-0.4, -0.2) is 19.3 Å². The van der Waals surface area contributed by atoms with Gasteiger partial charge in [0.25, 0.3) is 0 Å². The van der Waals surface area contributed by atoms with Crippen molar-refractivity contribution < 1.29 is 0 Å². The molecule has 0 saturated heterocycles. The normalized spacial score (nSPS) is 11.3. The van der Waals surface area contributed by atoms with E-state index in [1.807, 2.05) is 23.0 Å². The van der Waals surface area contributed by atoms with Gasteiger partial charge in [-0.2, -0.15) is 5.10 Å². The molecule has 0 unspecified atom stereocenters. The highest BCUT2D eigenvalue weighted by molar-refractivity contribution is 5.08. The topological polar surface area (TPSA) is 61.7 Å². The van der Waals surface area contributed by atoms with Crippen LogP contribution in [0.2, 0.25) is 0 Å². The quantitative estimate of drug-likeness (QED) is 0.845. The number of aromatic nitrogens is 4. The van der Waals surface area contributed by atoms with Crippen LogP contribution in [-0.2, 0) is 19.6 Å². The molecule has 92 valence electrons. The maximum Gasteiger partial charge on any atom is 0.146 e. The molecule has 0 fully saturated rings. The summed E-state index contributed by atoms with van der Waals surface area (Å²) in [6.07, 6.45) is 3.64. The predicted molar refractivity (Wildman–Crippen MR) is 66.3 cm³/mol. The van der Waals surface area contributed by atoms with E-state index < -0.39 is 0 Å². The zero-order chi connectivity index (χ0) is 12.3. The van der Waals surface area contributed by atoms with Gasteiger partial charge in [0.15, 0.2) is 0 Å². The molecule has 0 bridgehead atoms. The van der Waals surface area contributed by atoms with Crippen LogP contribution in [0.3, 0.4) is 0 Å². The van der Waals surface area contributed by atoms with Crippen molar-refractivity contribution in [3.63, 3.8) is 0 Å². The van der Waals surface area contributed by atoms with Gasteiger partial charge >= 0.3 is 0 Å². The maximum atomic E-state index is 5.68. The lowest BCUT2D eigenvalue weighted by atomic mass is 10.2. The second-order valence-electron chi connectivity index (χ2n) is 4.58. The Morgan fingerprint density at radius 2 is 2.24 bits per heavy atom. The van der Waals surface area contributed by atoms with Crippen LogP contribution in [0.15, 0.2) is 24.7 Å². The van der Waals surface area contributed by atoms with Crippen molar-refractivity contribution in [1.82, 2.24) is 19.3 Å². The average molecular weight is 233 g/mol. The Labute approximate surface area is 101 Å². The Morgan fingerprint density at radius 1 is 1.41 bits per heavy atom.